The van der Waals surface area contributed by atoms with Crippen LogP contribution in [0, 0.1) is 11.7 Å². The lowest BCUT2D eigenvalue weighted by atomic mass is 9.85. The van der Waals surface area contributed by atoms with E-state index in [0.717, 1.165) is 31.6 Å². The van der Waals surface area contributed by atoms with Gasteiger partial charge in [-0.1, -0.05) is 0 Å². The molecule has 1 saturated heterocycles. The summed E-state index contributed by atoms with van der Waals surface area (Å²) >= 11 is 0. The topological polar surface area (TPSA) is 120 Å². The number of rotatable bonds is 6. The summed E-state index contributed by atoms with van der Waals surface area (Å²) in [6.07, 6.45) is 8.55. The molecule has 1 aliphatic carbocycles. The number of hydrogen-bond donors (Lipinski definition) is 1. The number of piperidine rings is 1. The summed E-state index contributed by atoms with van der Waals surface area (Å²) in [6, 6.07) is 7.61. The van der Waals surface area contributed by atoms with E-state index in [9.17, 15) is 19.1 Å². The molecule has 4 heterocycles. The lowest BCUT2D eigenvalue weighted by molar-refractivity contribution is -0.141. The minimum Gasteiger partial charge on any atom is -0.475 e. The van der Waals surface area contributed by atoms with Gasteiger partial charge in [0.25, 0.3) is 5.56 Å². The maximum Gasteiger partial charge on any atom is 0.264 e. The molecule has 2 aliphatic rings. The fraction of sp³-hybridized carbons (Fsp3) is 0.464. The van der Waals surface area contributed by atoms with Gasteiger partial charge >= 0.3 is 0 Å². The summed E-state index contributed by atoms with van der Waals surface area (Å²) in [7, 11) is 1.84. The molecule has 3 aromatic heterocycles. The van der Waals surface area contributed by atoms with Crippen LogP contribution in [0.4, 0.5) is 4.39 Å². The third-order valence-corrected chi connectivity index (χ3v) is 8.18. The van der Waals surface area contributed by atoms with Gasteiger partial charge in [-0.25, -0.2) is 18.7 Å². The summed E-state index contributed by atoms with van der Waals surface area (Å²) in [5.74, 6) is 0.467. The second kappa shape index (κ2) is 10.5. The van der Waals surface area contributed by atoms with Crippen LogP contribution < -0.4 is 10.3 Å². The van der Waals surface area contributed by atoms with Crippen LogP contribution >= 0.6 is 0 Å². The molecule has 0 bridgehead atoms. The Morgan fingerprint density at radius 3 is 2.50 bits per heavy atom. The van der Waals surface area contributed by atoms with Crippen molar-refractivity contribution in [1.82, 2.24) is 34.0 Å². The van der Waals surface area contributed by atoms with E-state index in [1.165, 1.54) is 33.9 Å². The molecule has 1 saturated carbocycles. The Balaban J connectivity index is 1.05. The van der Waals surface area contributed by atoms with E-state index in [0.29, 0.717) is 42.7 Å². The first-order valence-corrected chi connectivity index (χ1v) is 13.6. The van der Waals surface area contributed by atoms with Crippen LogP contribution in [0.15, 0.2) is 53.8 Å². The summed E-state index contributed by atoms with van der Waals surface area (Å²) in [4.78, 5) is 32.7. The number of halogens is 1. The quantitative estimate of drug-likeness (QED) is 0.392. The number of nitrogens with zero attached hydrogens (tertiary/aromatic N) is 7. The zero-order chi connectivity index (χ0) is 27.9. The van der Waals surface area contributed by atoms with Crippen molar-refractivity contribution in [2.75, 3.05) is 13.1 Å². The molecule has 6 rings (SSSR count). The standard InChI is InChI=1S/C28H32FN7O4/c1-33-24(10-13-31-33)40-22-8-2-19(3-9-22)26(37)34-14-11-28(39,12-15-34)17-35-18-30-25-23(27(35)38)16-32-36(25)21-6-4-20(29)5-7-21/h4-7,10,13,16,18-19,22,39H,2-3,8-9,11-12,14-15,17H2,1H3/t19-,22-. The van der Waals surface area contributed by atoms with Gasteiger partial charge in [-0.2, -0.15) is 10.2 Å². The highest BCUT2D eigenvalue weighted by Gasteiger charge is 2.37. The predicted octanol–water partition coefficient (Wildman–Crippen LogP) is 2.45. The largest absolute Gasteiger partial charge is 0.475 e. The van der Waals surface area contributed by atoms with Gasteiger partial charge in [0.05, 0.1) is 30.2 Å². The molecule has 1 aliphatic heterocycles. The molecular weight excluding hydrogens is 517 g/mol. The Labute approximate surface area is 229 Å². The average molecular weight is 550 g/mol. The molecular formula is C28H32FN7O4. The lowest BCUT2D eigenvalue weighted by Gasteiger charge is -2.40. The predicted molar refractivity (Wildman–Crippen MR) is 143 cm³/mol. The molecule has 12 heteroatoms. The molecule has 11 nitrogen and oxygen atoms in total. The van der Waals surface area contributed by atoms with Gasteiger partial charge in [0.15, 0.2) is 5.65 Å². The normalized spacial score (nSPS) is 21.0. The van der Waals surface area contributed by atoms with Gasteiger partial charge in [-0.15, -0.1) is 0 Å². The molecule has 0 spiro atoms. The maximum absolute atomic E-state index is 13.3. The van der Waals surface area contributed by atoms with E-state index in [1.54, 1.807) is 23.0 Å². The highest BCUT2D eigenvalue weighted by Crippen LogP contribution is 2.31. The van der Waals surface area contributed by atoms with Gasteiger partial charge in [0.2, 0.25) is 11.8 Å². The highest BCUT2D eigenvalue weighted by atomic mass is 19.1. The summed E-state index contributed by atoms with van der Waals surface area (Å²) < 4.78 is 23.9. The molecule has 4 aromatic rings. The summed E-state index contributed by atoms with van der Waals surface area (Å²) in [6.45, 7) is 0.955. The zero-order valence-corrected chi connectivity index (χ0v) is 22.3. The van der Waals surface area contributed by atoms with Crippen molar-refractivity contribution in [2.45, 2.75) is 56.8 Å². The first kappa shape index (κ1) is 26.2. The lowest BCUT2D eigenvalue weighted by Crippen LogP contribution is -2.51. The van der Waals surface area contributed by atoms with E-state index < -0.39 is 5.60 Å². The zero-order valence-electron chi connectivity index (χ0n) is 22.3. The Bertz CT molecular complexity index is 1560. The van der Waals surface area contributed by atoms with Crippen LogP contribution in [0.1, 0.15) is 38.5 Å². The number of aromatic nitrogens is 6. The molecule has 1 N–H and O–H groups in total. The number of carbonyl (C=O) groups is 1. The van der Waals surface area contributed by atoms with Crippen molar-refractivity contribution in [3.63, 3.8) is 0 Å². The van der Waals surface area contributed by atoms with E-state index in [4.69, 9.17) is 4.74 Å². The average Bonchev–Trinajstić information content (AvgIpc) is 3.57. The third kappa shape index (κ3) is 5.10. The summed E-state index contributed by atoms with van der Waals surface area (Å²) in [5.41, 5.74) is -0.486. The first-order valence-electron chi connectivity index (χ1n) is 13.6. The third-order valence-electron chi connectivity index (χ3n) is 8.18. The smallest absolute Gasteiger partial charge is 0.264 e. The fourth-order valence-electron chi connectivity index (χ4n) is 5.79. The Morgan fingerprint density at radius 2 is 1.82 bits per heavy atom. The van der Waals surface area contributed by atoms with Crippen LogP contribution in [-0.4, -0.2) is 69.8 Å². The highest BCUT2D eigenvalue weighted by molar-refractivity contribution is 5.79. The van der Waals surface area contributed by atoms with Crippen molar-refractivity contribution >= 4 is 16.9 Å². The number of amides is 1. The molecule has 2 fully saturated rings. The van der Waals surface area contributed by atoms with Gasteiger partial charge in [-0.3, -0.25) is 14.2 Å². The molecule has 40 heavy (non-hydrogen) atoms. The monoisotopic (exact) mass is 549 g/mol. The molecule has 0 unspecified atom stereocenters. The number of carbonyl (C=O) groups excluding carboxylic acids is 1. The molecule has 0 radical (unpaired) electrons. The van der Waals surface area contributed by atoms with Crippen molar-refractivity contribution in [2.24, 2.45) is 13.0 Å². The van der Waals surface area contributed by atoms with E-state index in [2.05, 4.69) is 15.2 Å². The van der Waals surface area contributed by atoms with Crippen molar-refractivity contribution in [3.8, 4) is 11.6 Å². The first-order chi connectivity index (χ1) is 19.3. The van der Waals surface area contributed by atoms with Crippen molar-refractivity contribution in [1.29, 1.82) is 0 Å². The molecule has 1 aromatic carbocycles. The number of aliphatic hydroxyl groups is 1. The molecule has 210 valence electrons. The minimum atomic E-state index is -1.13. The maximum atomic E-state index is 13.3. The van der Waals surface area contributed by atoms with Gasteiger partial charge in [0.1, 0.15) is 23.6 Å². The van der Waals surface area contributed by atoms with Crippen LogP contribution in [0.5, 0.6) is 5.88 Å². The summed E-state index contributed by atoms with van der Waals surface area (Å²) in [5, 5.41) is 20.0. The number of ether oxygens (including phenoxy) is 1. The Hall–Kier alpha value is -4.06. The van der Waals surface area contributed by atoms with E-state index in [1.807, 2.05) is 18.0 Å². The van der Waals surface area contributed by atoms with Crippen molar-refractivity contribution in [3.05, 3.63) is 65.2 Å². The number of fused-ring (bicyclic) bond motifs is 1. The molecule has 0 atom stereocenters. The van der Waals surface area contributed by atoms with Crippen LogP contribution in [0.25, 0.3) is 16.7 Å². The molecule has 1 amide bonds. The Kier molecular flexibility index (Phi) is 6.87. The number of hydrogen-bond acceptors (Lipinski definition) is 7. The van der Waals surface area contributed by atoms with Crippen LogP contribution in [0.2, 0.25) is 0 Å². The number of likely N-dealkylation sites (tertiary alicyclic amines) is 1. The Morgan fingerprint density at radius 1 is 1.10 bits per heavy atom. The second-order valence-corrected chi connectivity index (χ2v) is 10.9. The number of benzene rings is 1. The van der Waals surface area contributed by atoms with Gasteiger partial charge < -0.3 is 14.7 Å². The second-order valence-electron chi connectivity index (χ2n) is 10.9. The minimum absolute atomic E-state index is 0.0375. The van der Waals surface area contributed by atoms with E-state index >= 15 is 0 Å². The van der Waals surface area contributed by atoms with Gasteiger partial charge in [-0.05, 0) is 62.8 Å². The number of aryl methyl sites for hydroxylation is 1. The van der Waals surface area contributed by atoms with Crippen LogP contribution in [-0.2, 0) is 18.4 Å². The van der Waals surface area contributed by atoms with Crippen LogP contribution in [0.3, 0.4) is 0 Å². The van der Waals surface area contributed by atoms with E-state index in [-0.39, 0.29) is 35.9 Å². The van der Waals surface area contributed by atoms with Crippen molar-refractivity contribution < 1.29 is 19.0 Å². The fourth-order valence-corrected chi connectivity index (χ4v) is 5.79. The SMILES string of the molecule is Cn1nccc1O[C@H]1CC[C@H](C(=O)N2CCC(O)(Cn3cnc4c(cnn4-c4ccc(F)cc4)c3=O)CC2)CC1. The van der Waals surface area contributed by atoms with Gasteiger partial charge in [0, 0.05) is 32.1 Å².